The first-order valence-corrected chi connectivity index (χ1v) is 9.21. The van der Waals surface area contributed by atoms with Crippen LogP contribution in [0.15, 0.2) is 54.6 Å². The molecular weight excluding hydrogens is 372 g/mol. The van der Waals surface area contributed by atoms with Gasteiger partial charge in [0.2, 0.25) is 6.79 Å². The van der Waals surface area contributed by atoms with Crippen molar-refractivity contribution in [2.45, 2.75) is 13.5 Å². The second-order valence-corrected chi connectivity index (χ2v) is 6.26. The summed E-state index contributed by atoms with van der Waals surface area (Å²) in [5.41, 5.74) is 1.91. The van der Waals surface area contributed by atoms with Gasteiger partial charge in [-0.15, -0.1) is 10.2 Å². The van der Waals surface area contributed by atoms with E-state index in [1.54, 1.807) is 36.4 Å². The molecule has 0 fully saturated rings. The molecule has 2 N–H and O–H groups in total. The molecule has 0 saturated heterocycles. The lowest BCUT2D eigenvalue weighted by Crippen LogP contribution is -2.14. The van der Waals surface area contributed by atoms with E-state index in [4.69, 9.17) is 14.2 Å². The smallest absolute Gasteiger partial charge is 0.276 e. The summed E-state index contributed by atoms with van der Waals surface area (Å²) in [4.78, 5) is 12.3. The maximum atomic E-state index is 12.3. The molecule has 148 valence electrons. The third-order valence-corrected chi connectivity index (χ3v) is 4.23. The molecule has 0 spiro atoms. The molecule has 4 rings (SSSR count). The topological polar surface area (TPSA) is 94.6 Å². The number of hydrogen-bond donors (Lipinski definition) is 2. The summed E-state index contributed by atoms with van der Waals surface area (Å²) in [5.74, 6) is 2.47. The fourth-order valence-electron chi connectivity index (χ4n) is 2.79. The molecule has 1 aromatic heterocycles. The first kappa shape index (κ1) is 18.5. The Bertz CT molecular complexity index is 991. The summed E-state index contributed by atoms with van der Waals surface area (Å²) in [6.45, 7) is 3.30. The van der Waals surface area contributed by atoms with Gasteiger partial charge < -0.3 is 24.8 Å². The molecule has 0 saturated carbocycles. The van der Waals surface area contributed by atoms with Crippen LogP contribution < -0.4 is 24.8 Å². The van der Waals surface area contributed by atoms with E-state index in [0.29, 0.717) is 24.7 Å². The van der Waals surface area contributed by atoms with Crippen molar-refractivity contribution in [3.63, 3.8) is 0 Å². The molecule has 1 aliphatic rings. The van der Waals surface area contributed by atoms with Crippen LogP contribution in [0.5, 0.6) is 17.2 Å². The second kappa shape index (κ2) is 8.47. The van der Waals surface area contributed by atoms with E-state index < -0.39 is 0 Å². The van der Waals surface area contributed by atoms with Crippen molar-refractivity contribution in [3.05, 3.63) is 65.9 Å². The zero-order valence-corrected chi connectivity index (χ0v) is 15.8. The van der Waals surface area contributed by atoms with Crippen molar-refractivity contribution in [2.75, 3.05) is 24.0 Å². The maximum Gasteiger partial charge on any atom is 0.276 e. The molecule has 8 nitrogen and oxygen atoms in total. The summed E-state index contributed by atoms with van der Waals surface area (Å²) in [6.07, 6.45) is 0. The molecular formula is C21H20N4O4. The first-order valence-electron chi connectivity index (χ1n) is 9.21. The largest absolute Gasteiger partial charge is 0.494 e. The molecule has 0 atom stereocenters. The minimum absolute atomic E-state index is 0.229. The van der Waals surface area contributed by atoms with Crippen LogP contribution in [0.1, 0.15) is 23.0 Å². The molecule has 0 unspecified atom stereocenters. The van der Waals surface area contributed by atoms with Crippen molar-refractivity contribution in [1.29, 1.82) is 0 Å². The molecule has 0 bridgehead atoms. The third-order valence-electron chi connectivity index (χ3n) is 4.23. The SMILES string of the molecule is CCOc1ccc(NC(=O)c2ccc(NCc3ccc4c(c3)OCO4)nn2)cc1. The standard InChI is InChI=1S/C21H20N4O4/c1-2-27-16-6-4-15(5-7-16)23-21(26)17-8-10-20(25-24-17)22-12-14-3-9-18-19(11-14)29-13-28-18/h3-11H,2,12-13H2,1H3,(H,22,25)(H,23,26). The Kier molecular flexibility index (Phi) is 5.42. The number of nitrogens with zero attached hydrogens (tertiary/aromatic N) is 2. The number of amides is 1. The average Bonchev–Trinajstić information content (AvgIpc) is 3.22. The molecule has 8 heteroatoms. The Morgan fingerprint density at radius 2 is 1.86 bits per heavy atom. The minimum atomic E-state index is -0.330. The lowest BCUT2D eigenvalue weighted by molar-refractivity contribution is 0.102. The number of nitrogens with one attached hydrogen (secondary N) is 2. The molecule has 1 amide bonds. The summed E-state index contributed by atoms with van der Waals surface area (Å²) in [7, 11) is 0. The van der Waals surface area contributed by atoms with E-state index in [1.165, 1.54) is 0 Å². The van der Waals surface area contributed by atoms with Gasteiger partial charge in [-0.05, 0) is 61.0 Å². The van der Waals surface area contributed by atoms with Gasteiger partial charge in [-0.2, -0.15) is 0 Å². The van der Waals surface area contributed by atoms with Gasteiger partial charge in [-0.1, -0.05) is 6.07 Å². The molecule has 1 aliphatic heterocycles. The van der Waals surface area contributed by atoms with Crippen LogP contribution in [-0.2, 0) is 6.54 Å². The molecule has 0 aliphatic carbocycles. The number of rotatable bonds is 7. The highest BCUT2D eigenvalue weighted by molar-refractivity contribution is 6.02. The van der Waals surface area contributed by atoms with Crippen molar-refractivity contribution >= 4 is 17.4 Å². The van der Waals surface area contributed by atoms with Crippen LogP contribution in [0.25, 0.3) is 0 Å². The fourth-order valence-corrected chi connectivity index (χ4v) is 2.79. The van der Waals surface area contributed by atoms with Crippen LogP contribution in [0.4, 0.5) is 11.5 Å². The lowest BCUT2D eigenvalue weighted by atomic mass is 10.2. The predicted octanol–water partition coefficient (Wildman–Crippen LogP) is 3.47. The molecule has 2 aromatic carbocycles. The van der Waals surface area contributed by atoms with Crippen LogP contribution >= 0.6 is 0 Å². The Morgan fingerprint density at radius 1 is 1.03 bits per heavy atom. The third kappa shape index (κ3) is 4.55. The average molecular weight is 392 g/mol. The van der Waals surface area contributed by atoms with Crippen LogP contribution in [0.2, 0.25) is 0 Å². The number of hydrogen-bond acceptors (Lipinski definition) is 7. The minimum Gasteiger partial charge on any atom is -0.494 e. The fraction of sp³-hybridized carbons (Fsp3) is 0.190. The van der Waals surface area contributed by atoms with Crippen LogP contribution in [-0.4, -0.2) is 29.5 Å². The monoisotopic (exact) mass is 392 g/mol. The summed E-state index contributed by atoms with van der Waals surface area (Å²) >= 11 is 0. The van der Waals surface area contributed by atoms with Gasteiger partial charge >= 0.3 is 0 Å². The van der Waals surface area contributed by atoms with Gasteiger partial charge in [0.05, 0.1) is 6.61 Å². The van der Waals surface area contributed by atoms with Gasteiger partial charge in [0.15, 0.2) is 17.2 Å². The summed E-state index contributed by atoms with van der Waals surface area (Å²) in [5, 5.41) is 14.0. The van der Waals surface area contributed by atoms with E-state index in [0.717, 1.165) is 22.8 Å². The number of aromatic nitrogens is 2. The van der Waals surface area contributed by atoms with Crippen molar-refractivity contribution in [3.8, 4) is 17.2 Å². The maximum absolute atomic E-state index is 12.3. The predicted molar refractivity (Wildman–Crippen MR) is 107 cm³/mol. The Balaban J connectivity index is 1.32. The molecule has 0 radical (unpaired) electrons. The van der Waals surface area contributed by atoms with E-state index in [9.17, 15) is 4.79 Å². The highest BCUT2D eigenvalue weighted by Crippen LogP contribution is 2.32. The van der Waals surface area contributed by atoms with E-state index >= 15 is 0 Å². The number of anilines is 2. The number of carbonyl (C=O) groups excluding carboxylic acids is 1. The first-order chi connectivity index (χ1) is 14.2. The zero-order valence-electron chi connectivity index (χ0n) is 15.8. The van der Waals surface area contributed by atoms with Gasteiger partial charge in [0.1, 0.15) is 11.6 Å². The normalized spacial score (nSPS) is 11.8. The van der Waals surface area contributed by atoms with Gasteiger partial charge in [-0.3, -0.25) is 4.79 Å². The Morgan fingerprint density at radius 3 is 2.62 bits per heavy atom. The summed E-state index contributed by atoms with van der Waals surface area (Å²) < 4.78 is 16.1. The number of fused-ring (bicyclic) bond motifs is 1. The van der Waals surface area contributed by atoms with E-state index in [-0.39, 0.29) is 18.4 Å². The van der Waals surface area contributed by atoms with Crippen LogP contribution in [0.3, 0.4) is 0 Å². The Hall–Kier alpha value is -3.81. The second-order valence-electron chi connectivity index (χ2n) is 6.26. The van der Waals surface area contributed by atoms with Crippen molar-refractivity contribution < 1.29 is 19.0 Å². The number of ether oxygens (including phenoxy) is 3. The molecule has 3 aromatic rings. The summed E-state index contributed by atoms with van der Waals surface area (Å²) in [6, 6.07) is 16.2. The quantitative estimate of drug-likeness (QED) is 0.636. The van der Waals surface area contributed by atoms with Crippen LogP contribution in [0, 0.1) is 0 Å². The van der Waals surface area contributed by atoms with E-state index in [1.807, 2.05) is 25.1 Å². The zero-order chi connectivity index (χ0) is 20.1. The van der Waals surface area contributed by atoms with Crippen molar-refractivity contribution in [1.82, 2.24) is 10.2 Å². The highest BCUT2D eigenvalue weighted by atomic mass is 16.7. The van der Waals surface area contributed by atoms with E-state index in [2.05, 4.69) is 20.8 Å². The lowest BCUT2D eigenvalue weighted by Gasteiger charge is -2.08. The highest BCUT2D eigenvalue weighted by Gasteiger charge is 2.13. The molecule has 29 heavy (non-hydrogen) atoms. The number of benzene rings is 2. The van der Waals surface area contributed by atoms with Gasteiger partial charge in [0, 0.05) is 12.2 Å². The van der Waals surface area contributed by atoms with Crippen molar-refractivity contribution in [2.24, 2.45) is 0 Å². The van der Waals surface area contributed by atoms with Gasteiger partial charge in [-0.25, -0.2) is 0 Å². The molecule has 2 heterocycles. The van der Waals surface area contributed by atoms with Gasteiger partial charge in [0.25, 0.3) is 5.91 Å². The Labute approximate surface area is 167 Å². The number of carbonyl (C=O) groups is 1.